The first-order chi connectivity index (χ1) is 9.06. The Balaban J connectivity index is 2.26. The van der Waals surface area contributed by atoms with E-state index in [1.165, 1.54) is 6.07 Å². The Bertz CT molecular complexity index is 783. The largest absolute Gasteiger partial charge is 0.398 e. The van der Waals surface area contributed by atoms with Crippen molar-refractivity contribution in [3.8, 4) is 11.4 Å². The van der Waals surface area contributed by atoms with E-state index in [1.54, 1.807) is 18.2 Å². The van der Waals surface area contributed by atoms with Gasteiger partial charge in [0, 0.05) is 16.3 Å². The molecule has 0 unspecified atom stereocenters. The second-order valence-corrected chi connectivity index (χ2v) is 4.51. The molecule has 0 bridgehead atoms. The van der Waals surface area contributed by atoms with Crippen molar-refractivity contribution >= 4 is 28.3 Å². The molecule has 1 heterocycles. The molecule has 2 aromatic carbocycles. The molecule has 0 aliphatic carbocycles. The molecule has 0 aliphatic heterocycles. The molecule has 3 aromatic rings. The van der Waals surface area contributed by atoms with E-state index < -0.39 is 11.6 Å². The van der Waals surface area contributed by atoms with Crippen molar-refractivity contribution in [3.05, 3.63) is 47.0 Å². The van der Waals surface area contributed by atoms with Crippen LogP contribution in [0.1, 0.15) is 0 Å². The van der Waals surface area contributed by atoms with Crippen LogP contribution >= 0.6 is 11.6 Å². The fourth-order valence-electron chi connectivity index (χ4n) is 1.88. The highest BCUT2D eigenvalue weighted by atomic mass is 35.5. The van der Waals surface area contributed by atoms with Crippen LogP contribution in [-0.2, 0) is 0 Å². The minimum Gasteiger partial charge on any atom is -0.398 e. The zero-order valence-electron chi connectivity index (χ0n) is 9.55. The predicted octanol–water partition coefficient (Wildman–Crippen LogP) is 3.74. The zero-order chi connectivity index (χ0) is 13.6. The van der Waals surface area contributed by atoms with E-state index in [-0.39, 0.29) is 5.52 Å². The SMILES string of the molecule is Nc1ccc(Cl)cc1-c1nc2c(F)c(F)ccc2[nH]1. The van der Waals surface area contributed by atoms with Gasteiger partial charge in [0.05, 0.1) is 5.52 Å². The standard InChI is InChI=1S/C13H8ClF2N3/c14-6-1-3-9(17)7(5-6)13-18-10-4-2-8(15)11(16)12(10)19-13/h1-5H,17H2,(H,18,19). The third kappa shape index (κ3) is 1.92. The van der Waals surface area contributed by atoms with Gasteiger partial charge in [-0.05, 0) is 30.3 Å². The molecular formula is C13H8ClF2N3. The Labute approximate surface area is 112 Å². The van der Waals surface area contributed by atoms with Crippen molar-refractivity contribution in [1.82, 2.24) is 9.97 Å². The molecule has 96 valence electrons. The molecule has 1 aromatic heterocycles. The number of nitrogens with zero attached hydrogens (tertiary/aromatic N) is 1. The average molecular weight is 280 g/mol. The number of halogens is 3. The highest BCUT2D eigenvalue weighted by Gasteiger charge is 2.14. The third-order valence-corrected chi connectivity index (χ3v) is 3.05. The Morgan fingerprint density at radius 2 is 1.95 bits per heavy atom. The van der Waals surface area contributed by atoms with Gasteiger partial charge in [-0.15, -0.1) is 0 Å². The molecule has 0 saturated heterocycles. The molecule has 0 saturated carbocycles. The minimum absolute atomic E-state index is 0.0608. The monoisotopic (exact) mass is 279 g/mol. The van der Waals surface area contributed by atoms with E-state index in [1.807, 2.05) is 0 Å². The summed E-state index contributed by atoms with van der Waals surface area (Å²) in [7, 11) is 0. The molecule has 3 rings (SSSR count). The van der Waals surface area contributed by atoms with Crippen LogP contribution < -0.4 is 5.73 Å². The van der Waals surface area contributed by atoms with Gasteiger partial charge in [0.1, 0.15) is 11.3 Å². The molecule has 0 radical (unpaired) electrons. The molecule has 0 spiro atoms. The highest BCUT2D eigenvalue weighted by Crippen LogP contribution is 2.29. The van der Waals surface area contributed by atoms with Gasteiger partial charge in [0.15, 0.2) is 11.6 Å². The highest BCUT2D eigenvalue weighted by molar-refractivity contribution is 6.31. The van der Waals surface area contributed by atoms with E-state index in [4.69, 9.17) is 17.3 Å². The second-order valence-electron chi connectivity index (χ2n) is 4.07. The van der Waals surface area contributed by atoms with Gasteiger partial charge >= 0.3 is 0 Å². The number of aromatic nitrogens is 2. The molecule has 19 heavy (non-hydrogen) atoms. The number of hydrogen-bond acceptors (Lipinski definition) is 2. The molecular weight excluding hydrogens is 272 g/mol. The first-order valence-electron chi connectivity index (χ1n) is 5.45. The second kappa shape index (κ2) is 4.20. The number of anilines is 1. The molecule has 0 aliphatic rings. The summed E-state index contributed by atoms with van der Waals surface area (Å²) in [5.74, 6) is -1.58. The van der Waals surface area contributed by atoms with E-state index in [9.17, 15) is 8.78 Å². The number of nitrogens with two attached hydrogens (primary N) is 1. The number of imidazole rings is 1. The first-order valence-corrected chi connectivity index (χ1v) is 5.83. The van der Waals surface area contributed by atoms with Crippen LogP contribution in [-0.4, -0.2) is 9.97 Å². The summed E-state index contributed by atoms with van der Waals surface area (Å²) in [5, 5.41) is 0.483. The van der Waals surface area contributed by atoms with Crippen LogP contribution in [0.5, 0.6) is 0 Å². The van der Waals surface area contributed by atoms with Crippen LogP contribution in [0.25, 0.3) is 22.4 Å². The van der Waals surface area contributed by atoms with Gasteiger partial charge in [-0.2, -0.15) is 0 Å². The quantitative estimate of drug-likeness (QED) is 0.667. The van der Waals surface area contributed by atoms with Gasteiger partial charge in [0.2, 0.25) is 0 Å². The summed E-state index contributed by atoms with van der Waals surface area (Å²) in [6, 6.07) is 7.35. The molecule has 0 amide bonds. The normalized spacial score (nSPS) is 11.1. The lowest BCUT2D eigenvalue weighted by Crippen LogP contribution is -1.91. The van der Waals surface area contributed by atoms with Gasteiger partial charge in [-0.25, -0.2) is 13.8 Å². The number of aromatic amines is 1. The van der Waals surface area contributed by atoms with E-state index in [0.717, 1.165) is 6.07 Å². The van der Waals surface area contributed by atoms with Crippen LogP contribution in [0, 0.1) is 11.6 Å². The summed E-state index contributed by atoms with van der Waals surface area (Å²) < 4.78 is 26.7. The number of fused-ring (bicyclic) bond motifs is 1. The van der Waals surface area contributed by atoms with E-state index >= 15 is 0 Å². The van der Waals surface area contributed by atoms with Crippen LogP contribution in [0.15, 0.2) is 30.3 Å². The van der Waals surface area contributed by atoms with Gasteiger partial charge in [0.25, 0.3) is 0 Å². The number of nitrogen functional groups attached to an aromatic ring is 1. The smallest absolute Gasteiger partial charge is 0.186 e. The number of nitrogens with one attached hydrogen (secondary N) is 1. The summed E-state index contributed by atoms with van der Waals surface area (Å²) in [6.45, 7) is 0. The van der Waals surface area contributed by atoms with Gasteiger partial charge in [-0.1, -0.05) is 11.6 Å². The maximum atomic E-state index is 13.6. The van der Waals surface area contributed by atoms with Crippen molar-refractivity contribution in [2.75, 3.05) is 5.73 Å². The summed E-state index contributed by atoms with van der Waals surface area (Å²) >= 11 is 5.89. The number of H-pyrrole nitrogens is 1. The third-order valence-electron chi connectivity index (χ3n) is 2.82. The first kappa shape index (κ1) is 11.9. The number of rotatable bonds is 1. The minimum atomic E-state index is -0.986. The topological polar surface area (TPSA) is 54.7 Å². The molecule has 0 atom stereocenters. The van der Waals surface area contributed by atoms with Crippen LogP contribution in [0.2, 0.25) is 5.02 Å². The van der Waals surface area contributed by atoms with Gasteiger partial charge in [-0.3, -0.25) is 0 Å². The average Bonchev–Trinajstić information content (AvgIpc) is 2.81. The number of benzene rings is 2. The Hall–Kier alpha value is -2.14. The zero-order valence-corrected chi connectivity index (χ0v) is 10.3. The van der Waals surface area contributed by atoms with Gasteiger partial charge < -0.3 is 10.7 Å². The van der Waals surface area contributed by atoms with Crippen molar-refractivity contribution in [3.63, 3.8) is 0 Å². The Morgan fingerprint density at radius 1 is 1.16 bits per heavy atom. The molecule has 6 heteroatoms. The van der Waals surface area contributed by atoms with Crippen LogP contribution in [0.4, 0.5) is 14.5 Å². The summed E-state index contributed by atoms with van der Waals surface area (Å²) in [4.78, 5) is 6.93. The van der Waals surface area contributed by atoms with Crippen molar-refractivity contribution in [1.29, 1.82) is 0 Å². The Morgan fingerprint density at radius 3 is 2.74 bits per heavy atom. The maximum absolute atomic E-state index is 13.6. The fourth-order valence-corrected chi connectivity index (χ4v) is 2.05. The maximum Gasteiger partial charge on any atom is 0.186 e. The van der Waals surface area contributed by atoms with Crippen molar-refractivity contribution in [2.24, 2.45) is 0 Å². The lowest BCUT2D eigenvalue weighted by molar-refractivity contribution is 0.515. The molecule has 3 nitrogen and oxygen atoms in total. The summed E-state index contributed by atoms with van der Waals surface area (Å²) in [6.07, 6.45) is 0. The van der Waals surface area contributed by atoms with E-state index in [0.29, 0.717) is 27.6 Å². The lowest BCUT2D eigenvalue weighted by Gasteiger charge is -2.02. The van der Waals surface area contributed by atoms with Crippen molar-refractivity contribution < 1.29 is 8.78 Å². The van der Waals surface area contributed by atoms with Crippen LogP contribution in [0.3, 0.4) is 0 Å². The Kier molecular flexibility index (Phi) is 2.64. The molecule has 3 N–H and O–H groups in total. The predicted molar refractivity (Wildman–Crippen MR) is 70.9 cm³/mol. The van der Waals surface area contributed by atoms with E-state index in [2.05, 4.69) is 9.97 Å². The van der Waals surface area contributed by atoms with Crippen molar-refractivity contribution in [2.45, 2.75) is 0 Å². The summed E-state index contributed by atoms with van der Waals surface area (Å²) in [5.41, 5.74) is 7.15. The number of hydrogen-bond donors (Lipinski definition) is 2. The molecule has 0 fully saturated rings. The fraction of sp³-hybridized carbons (Fsp3) is 0. The lowest BCUT2D eigenvalue weighted by atomic mass is 10.2.